The molecule has 178 valence electrons. The molecule has 0 aromatic carbocycles. The number of carbonyl (C=O) groups excluding carboxylic acids is 1. The van der Waals surface area contributed by atoms with E-state index in [4.69, 9.17) is 0 Å². The van der Waals surface area contributed by atoms with Gasteiger partial charge in [0.25, 0.3) is 0 Å². The molecular formula is C28H48O3. The molecule has 0 amide bonds. The Morgan fingerprint density at radius 1 is 0.968 bits per heavy atom. The molecule has 0 spiro atoms. The van der Waals surface area contributed by atoms with Gasteiger partial charge in [0, 0.05) is 5.92 Å². The van der Waals surface area contributed by atoms with Crippen molar-refractivity contribution in [1.82, 2.24) is 0 Å². The van der Waals surface area contributed by atoms with Gasteiger partial charge < -0.3 is 10.2 Å². The molecule has 5 unspecified atom stereocenters. The van der Waals surface area contributed by atoms with Crippen molar-refractivity contribution in [2.24, 2.45) is 58.2 Å². The number of aliphatic hydroxyl groups is 2. The zero-order valence-corrected chi connectivity index (χ0v) is 20.9. The summed E-state index contributed by atoms with van der Waals surface area (Å²) >= 11 is 0. The Balaban J connectivity index is 1.61. The monoisotopic (exact) mass is 432 g/mol. The van der Waals surface area contributed by atoms with Crippen LogP contribution in [-0.2, 0) is 4.79 Å². The van der Waals surface area contributed by atoms with E-state index in [1.807, 2.05) is 0 Å². The summed E-state index contributed by atoms with van der Waals surface area (Å²) in [6.07, 6.45) is 9.62. The van der Waals surface area contributed by atoms with Crippen molar-refractivity contribution >= 4 is 5.78 Å². The first-order valence-electron chi connectivity index (χ1n) is 13.4. The zero-order chi connectivity index (χ0) is 22.7. The average molecular weight is 433 g/mol. The second kappa shape index (κ2) is 8.42. The van der Waals surface area contributed by atoms with Crippen LogP contribution in [-0.4, -0.2) is 28.2 Å². The molecule has 0 aliphatic heterocycles. The Bertz CT molecular complexity index is 675. The highest BCUT2D eigenvalue weighted by Crippen LogP contribution is 2.69. The van der Waals surface area contributed by atoms with Gasteiger partial charge in [-0.3, -0.25) is 4.79 Å². The van der Waals surface area contributed by atoms with Crippen LogP contribution in [0, 0.1) is 58.2 Å². The zero-order valence-electron chi connectivity index (χ0n) is 20.9. The molecule has 4 fully saturated rings. The standard InChI is InChI=1S/C28H48O3/c1-7-20-24-15-19(30)10-12-28(24,6)23-11-13-27(5)21(17(3)14-16(2)18(4)29)8-9-22(27)25(23)26(20)31/h16-17,19-26,30-31H,7-15H2,1-6H3/t16-,17+,19+,20+,21+,22?,23?,24?,25?,26?,27+,28+/m0/s1. The van der Waals surface area contributed by atoms with Crippen LogP contribution in [0.2, 0.25) is 0 Å². The van der Waals surface area contributed by atoms with Gasteiger partial charge in [-0.1, -0.05) is 41.0 Å². The first-order chi connectivity index (χ1) is 14.5. The summed E-state index contributed by atoms with van der Waals surface area (Å²) in [5.74, 6) is 4.16. The third kappa shape index (κ3) is 3.65. The maximum Gasteiger partial charge on any atom is 0.132 e. The third-order valence-corrected chi connectivity index (χ3v) is 11.6. The Hall–Kier alpha value is -0.410. The van der Waals surface area contributed by atoms with Gasteiger partial charge in [-0.15, -0.1) is 0 Å². The summed E-state index contributed by atoms with van der Waals surface area (Å²) in [6.45, 7) is 13.5. The lowest BCUT2D eigenvalue weighted by atomic mass is 9.41. The van der Waals surface area contributed by atoms with Crippen LogP contribution in [0.25, 0.3) is 0 Å². The number of carbonyl (C=O) groups is 1. The summed E-state index contributed by atoms with van der Waals surface area (Å²) in [6, 6.07) is 0. The summed E-state index contributed by atoms with van der Waals surface area (Å²) in [5, 5.41) is 22.2. The minimum atomic E-state index is -0.215. The lowest BCUT2D eigenvalue weighted by Crippen LogP contribution is -2.62. The summed E-state index contributed by atoms with van der Waals surface area (Å²) in [7, 11) is 0. The fourth-order valence-electron chi connectivity index (χ4n) is 9.82. The fraction of sp³-hybridized carbons (Fsp3) is 0.964. The number of ketones is 1. The van der Waals surface area contributed by atoms with Crippen molar-refractivity contribution < 1.29 is 15.0 Å². The van der Waals surface area contributed by atoms with Gasteiger partial charge in [0.2, 0.25) is 0 Å². The lowest BCUT2D eigenvalue weighted by Gasteiger charge is -2.64. The van der Waals surface area contributed by atoms with Crippen molar-refractivity contribution in [3.63, 3.8) is 0 Å². The predicted molar refractivity (Wildman–Crippen MR) is 125 cm³/mol. The van der Waals surface area contributed by atoms with Gasteiger partial charge in [0.1, 0.15) is 5.78 Å². The highest BCUT2D eigenvalue weighted by atomic mass is 16.3. The smallest absolute Gasteiger partial charge is 0.132 e. The van der Waals surface area contributed by atoms with Crippen LogP contribution < -0.4 is 0 Å². The van der Waals surface area contributed by atoms with Crippen LogP contribution in [0.5, 0.6) is 0 Å². The first-order valence-corrected chi connectivity index (χ1v) is 13.4. The van der Waals surface area contributed by atoms with Crippen molar-refractivity contribution in [2.75, 3.05) is 0 Å². The van der Waals surface area contributed by atoms with Gasteiger partial charge >= 0.3 is 0 Å². The number of fused-ring (bicyclic) bond motifs is 5. The highest BCUT2D eigenvalue weighted by molar-refractivity contribution is 5.77. The molecule has 3 nitrogen and oxygen atoms in total. The van der Waals surface area contributed by atoms with Gasteiger partial charge in [0.15, 0.2) is 0 Å². The topological polar surface area (TPSA) is 57.5 Å². The Kier molecular flexibility index (Phi) is 6.45. The second-order valence-corrected chi connectivity index (χ2v) is 12.8. The molecule has 31 heavy (non-hydrogen) atoms. The van der Waals surface area contributed by atoms with Crippen LogP contribution in [0.15, 0.2) is 0 Å². The van der Waals surface area contributed by atoms with Crippen LogP contribution in [0.1, 0.15) is 99.3 Å². The van der Waals surface area contributed by atoms with Crippen LogP contribution in [0.4, 0.5) is 0 Å². The molecule has 0 aromatic heterocycles. The lowest BCUT2D eigenvalue weighted by molar-refractivity contribution is -0.203. The number of hydrogen-bond donors (Lipinski definition) is 2. The first kappa shape index (κ1) is 23.7. The fourth-order valence-corrected chi connectivity index (χ4v) is 9.82. The van der Waals surface area contributed by atoms with Gasteiger partial charge in [-0.2, -0.15) is 0 Å². The Labute approximate surface area is 190 Å². The van der Waals surface area contributed by atoms with E-state index in [-0.39, 0.29) is 23.5 Å². The molecule has 4 saturated carbocycles. The van der Waals surface area contributed by atoms with E-state index in [0.29, 0.717) is 52.6 Å². The molecule has 4 aliphatic carbocycles. The van der Waals surface area contributed by atoms with Crippen molar-refractivity contribution in [2.45, 2.75) is 112 Å². The van der Waals surface area contributed by atoms with Crippen molar-refractivity contribution in [3.05, 3.63) is 0 Å². The summed E-state index contributed by atoms with van der Waals surface area (Å²) in [5.41, 5.74) is 0.575. The highest BCUT2D eigenvalue weighted by Gasteiger charge is 2.64. The van der Waals surface area contributed by atoms with E-state index < -0.39 is 0 Å². The molecule has 3 heteroatoms. The number of rotatable bonds is 5. The molecule has 0 bridgehead atoms. The normalized spacial score (nSPS) is 51.4. The number of Topliss-reactive ketones (excluding diaryl/α,β-unsaturated/α-hetero) is 1. The van der Waals surface area contributed by atoms with Gasteiger partial charge in [-0.25, -0.2) is 0 Å². The molecule has 4 aliphatic rings. The maximum atomic E-state index is 11.9. The Morgan fingerprint density at radius 3 is 2.26 bits per heavy atom. The van der Waals surface area contributed by atoms with Crippen LogP contribution in [0.3, 0.4) is 0 Å². The van der Waals surface area contributed by atoms with E-state index >= 15 is 0 Å². The molecular weight excluding hydrogens is 384 g/mol. The molecule has 4 rings (SSSR count). The van der Waals surface area contributed by atoms with E-state index in [1.165, 1.54) is 25.7 Å². The molecule has 0 heterocycles. The molecule has 0 aromatic rings. The van der Waals surface area contributed by atoms with Crippen molar-refractivity contribution in [1.29, 1.82) is 0 Å². The maximum absolute atomic E-state index is 11.9. The van der Waals surface area contributed by atoms with E-state index in [2.05, 4.69) is 34.6 Å². The summed E-state index contributed by atoms with van der Waals surface area (Å²) < 4.78 is 0. The quantitative estimate of drug-likeness (QED) is 0.572. The van der Waals surface area contributed by atoms with Crippen molar-refractivity contribution in [3.8, 4) is 0 Å². The molecule has 2 N–H and O–H groups in total. The predicted octanol–water partition coefficient (Wildman–Crippen LogP) is 5.86. The SMILES string of the molecule is CC[C@H]1C(O)C2C(CC[C@@]3(C)C2CC[C@@H]3[C@H](C)C[C@H](C)C(C)=O)[C@@]2(C)CC[C@@H](O)CC12. The van der Waals surface area contributed by atoms with E-state index in [9.17, 15) is 15.0 Å². The van der Waals surface area contributed by atoms with E-state index in [1.54, 1.807) is 6.92 Å². The number of hydrogen-bond acceptors (Lipinski definition) is 3. The van der Waals surface area contributed by atoms with Crippen LogP contribution >= 0.6 is 0 Å². The van der Waals surface area contributed by atoms with Gasteiger partial charge in [-0.05, 0) is 111 Å². The number of aliphatic hydroxyl groups excluding tert-OH is 2. The third-order valence-electron chi connectivity index (χ3n) is 11.6. The van der Waals surface area contributed by atoms with E-state index in [0.717, 1.165) is 32.1 Å². The average Bonchev–Trinajstić information content (AvgIpc) is 3.06. The second-order valence-electron chi connectivity index (χ2n) is 12.8. The van der Waals surface area contributed by atoms with Gasteiger partial charge in [0.05, 0.1) is 12.2 Å². The molecule has 12 atom stereocenters. The minimum Gasteiger partial charge on any atom is -0.393 e. The Morgan fingerprint density at radius 2 is 1.61 bits per heavy atom. The largest absolute Gasteiger partial charge is 0.393 e. The molecule has 0 radical (unpaired) electrons. The molecule has 0 saturated heterocycles. The minimum absolute atomic E-state index is 0.159. The summed E-state index contributed by atoms with van der Waals surface area (Å²) in [4.78, 5) is 11.9.